The predicted octanol–water partition coefficient (Wildman–Crippen LogP) is 1.52. The molecule has 0 spiro atoms. The molecule has 0 bridgehead atoms. The van der Waals surface area contributed by atoms with Gasteiger partial charge in [0.25, 0.3) is 11.8 Å². The van der Waals surface area contributed by atoms with Crippen LogP contribution in [0, 0.1) is 13.8 Å². The fraction of sp³-hybridized carbons (Fsp3) is 0.278. The van der Waals surface area contributed by atoms with E-state index in [-0.39, 0.29) is 6.61 Å². The SMILES string of the molecule is Cc1cc(C)cc(OCC(=O)OCC(=O)NC(=O)c2cccn2C)c1. The number of benzene rings is 1. The van der Waals surface area contributed by atoms with E-state index in [1.807, 2.05) is 19.9 Å². The predicted molar refractivity (Wildman–Crippen MR) is 90.3 cm³/mol. The number of aromatic nitrogens is 1. The van der Waals surface area contributed by atoms with E-state index in [1.54, 1.807) is 42.1 Å². The minimum atomic E-state index is -0.703. The molecule has 7 nitrogen and oxygen atoms in total. The molecular formula is C18H20N2O5. The van der Waals surface area contributed by atoms with Crippen LogP contribution in [-0.4, -0.2) is 35.6 Å². The summed E-state index contributed by atoms with van der Waals surface area (Å²) < 4.78 is 11.7. The maximum atomic E-state index is 11.8. The van der Waals surface area contributed by atoms with Gasteiger partial charge in [-0.1, -0.05) is 6.07 Å². The monoisotopic (exact) mass is 344 g/mol. The molecule has 0 atom stereocenters. The number of hydrogen-bond donors (Lipinski definition) is 1. The fourth-order valence-electron chi connectivity index (χ4n) is 2.27. The van der Waals surface area contributed by atoms with Crippen LogP contribution in [0.4, 0.5) is 0 Å². The number of carbonyl (C=O) groups excluding carboxylic acids is 3. The second-order valence-corrected chi connectivity index (χ2v) is 5.65. The molecule has 0 fully saturated rings. The largest absolute Gasteiger partial charge is 0.482 e. The topological polar surface area (TPSA) is 86.6 Å². The first-order chi connectivity index (χ1) is 11.8. The lowest BCUT2D eigenvalue weighted by molar-refractivity contribution is -0.150. The summed E-state index contributed by atoms with van der Waals surface area (Å²) in [5, 5.41) is 2.15. The molecule has 2 amide bonds. The molecule has 0 aliphatic rings. The summed E-state index contributed by atoms with van der Waals surface area (Å²) in [6.45, 7) is 2.98. The number of aryl methyl sites for hydroxylation is 3. The molecule has 1 aromatic heterocycles. The van der Waals surface area contributed by atoms with E-state index in [9.17, 15) is 14.4 Å². The van der Waals surface area contributed by atoms with Gasteiger partial charge in [-0.05, 0) is 49.2 Å². The van der Waals surface area contributed by atoms with E-state index < -0.39 is 24.4 Å². The molecule has 0 aliphatic heterocycles. The Bertz CT molecular complexity index is 774. The van der Waals surface area contributed by atoms with E-state index in [0.29, 0.717) is 11.4 Å². The molecule has 2 aromatic rings. The Morgan fingerprint density at radius 2 is 1.76 bits per heavy atom. The highest BCUT2D eigenvalue weighted by Gasteiger charge is 2.14. The van der Waals surface area contributed by atoms with Crippen LogP contribution in [0.5, 0.6) is 5.75 Å². The van der Waals surface area contributed by atoms with Crippen LogP contribution in [0.3, 0.4) is 0 Å². The molecule has 25 heavy (non-hydrogen) atoms. The zero-order valence-corrected chi connectivity index (χ0v) is 14.4. The zero-order valence-electron chi connectivity index (χ0n) is 14.4. The lowest BCUT2D eigenvalue weighted by atomic mass is 10.1. The van der Waals surface area contributed by atoms with Gasteiger partial charge in [0.2, 0.25) is 0 Å². The Labute approximate surface area is 145 Å². The molecule has 0 aliphatic carbocycles. The van der Waals surface area contributed by atoms with Crippen LogP contribution in [0.25, 0.3) is 0 Å². The first kappa shape index (κ1) is 18.3. The Morgan fingerprint density at radius 1 is 1.08 bits per heavy atom. The number of carbonyl (C=O) groups is 3. The van der Waals surface area contributed by atoms with Gasteiger partial charge in [0.1, 0.15) is 11.4 Å². The van der Waals surface area contributed by atoms with Crippen molar-refractivity contribution in [3.63, 3.8) is 0 Å². The van der Waals surface area contributed by atoms with Crippen molar-refractivity contribution < 1.29 is 23.9 Å². The van der Waals surface area contributed by atoms with Gasteiger partial charge < -0.3 is 14.0 Å². The molecule has 1 N–H and O–H groups in total. The summed E-state index contributed by atoms with van der Waals surface area (Å²) in [5.41, 5.74) is 2.36. The van der Waals surface area contributed by atoms with Gasteiger partial charge in [0.15, 0.2) is 13.2 Å². The van der Waals surface area contributed by atoms with Crippen molar-refractivity contribution in [1.82, 2.24) is 9.88 Å². The van der Waals surface area contributed by atoms with E-state index in [0.717, 1.165) is 11.1 Å². The summed E-state index contributed by atoms with van der Waals surface area (Å²) in [6, 6.07) is 8.84. The Kier molecular flexibility index (Phi) is 5.94. The number of hydrogen-bond acceptors (Lipinski definition) is 5. The average molecular weight is 344 g/mol. The fourth-order valence-corrected chi connectivity index (χ4v) is 2.27. The quantitative estimate of drug-likeness (QED) is 0.803. The molecule has 1 heterocycles. The lowest BCUT2D eigenvalue weighted by Crippen LogP contribution is -2.35. The molecule has 7 heteroatoms. The highest BCUT2D eigenvalue weighted by atomic mass is 16.6. The number of imide groups is 1. The summed E-state index contributed by atoms with van der Waals surface area (Å²) in [5.74, 6) is -1.40. The lowest BCUT2D eigenvalue weighted by Gasteiger charge is -2.09. The number of amides is 2. The summed E-state index contributed by atoms with van der Waals surface area (Å²) in [7, 11) is 1.68. The highest BCUT2D eigenvalue weighted by Crippen LogP contribution is 2.16. The minimum absolute atomic E-state index is 0.318. The summed E-state index contributed by atoms with van der Waals surface area (Å²) in [4.78, 5) is 35.1. The van der Waals surface area contributed by atoms with Crippen LogP contribution in [-0.2, 0) is 21.4 Å². The van der Waals surface area contributed by atoms with Crippen LogP contribution >= 0.6 is 0 Å². The Morgan fingerprint density at radius 3 is 2.36 bits per heavy atom. The normalized spacial score (nSPS) is 10.2. The third kappa shape index (κ3) is 5.49. The number of esters is 1. The van der Waals surface area contributed by atoms with E-state index >= 15 is 0 Å². The van der Waals surface area contributed by atoms with Crippen molar-refractivity contribution in [3.8, 4) is 5.75 Å². The zero-order chi connectivity index (χ0) is 18.4. The van der Waals surface area contributed by atoms with Crippen LogP contribution in [0.15, 0.2) is 36.5 Å². The van der Waals surface area contributed by atoms with E-state index in [1.165, 1.54) is 0 Å². The van der Waals surface area contributed by atoms with Gasteiger partial charge in [0, 0.05) is 13.2 Å². The summed E-state index contributed by atoms with van der Waals surface area (Å²) >= 11 is 0. The van der Waals surface area contributed by atoms with Crippen molar-refractivity contribution in [2.75, 3.05) is 13.2 Å². The van der Waals surface area contributed by atoms with Crippen molar-refractivity contribution in [1.29, 1.82) is 0 Å². The molecule has 0 radical (unpaired) electrons. The van der Waals surface area contributed by atoms with E-state index in [2.05, 4.69) is 5.32 Å². The minimum Gasteiger partial charge on any atom is -0.482 e. The molecule has 132 valence electrons. The highest BCUT2D eigenvalue weighted by molar-refractivity contribution is 6.04. The number of ether oxygens (including phenoxy) is 2. The smallest absolute Gasteiger partial charge is 0.344 e. The average Bonchev–Trinajstić information content (AvgIpc) is 2.96. The Hall–Kier alpha value is -3.09. The van der Waals surface area contributed by atoms with Crippen molar-refractivity contribution in [2.45, 2.75) is 13.8 Å². The maximum absolute atomic E-state index is 11.8. The van der Waals surface area contributed by atoms with Gasteiger partial charge in [0.05, 0.1) is 0 Å². The van der Waals surface area contributed by atoms with Gasteiger partial charge >= 0.3 is 5.97 Å². The number of rotatable bonds is 6. The standard InChI is InChI=1S/C18H20N2O5/c1-12-7-13(2)9-14(8-12)24-11-17(22)25-10-16(21)19-18(23)15-5-4-6-20(15)3/h4-9H,10-11H2,1-3H3,(H,19,21,23). The summed E-state index contributed by atoms with van der Waals surface area (Å²) in [6.07, 6.45) is 1.68. The van der Waals surface area contributed by atoms with Crippen molar-refractivity contribution >= 4 is 17.8 Å². The van der Waals surface area contributed by atoms with Crippen LogP contribution in [0.1, 0.15) is 21.6 Å². The molecule has 0 unspecified atom stereocenters. The molecular weight excluding hydrogens is 324 g/mol. The third-order valence-electron chi connectivity index (χ3n) is 3.35. The van der Waals surface area contributed by atoms with Crippen LogP contribution < -0.4 is 10.1 Å². The molecule has 2 rings (SSSR count). The van der Waals surface area contributed by atoms with Crippen LogP contribution in [0.2, 0.25) is 0 Å². The van der Waals surface area contributed by atoms with Gasteiger partial charge in [-0.3, -0.25) is 14.9 Å². The van der Waals surface area contributed by atoms with Gasteiger partial charge in [-0.15, -0.1) is 0 Å². The first-order valence-corrected chi connectivity index (χ1v) is 7.67. The second-order valence-electron chi connectivity index (χ2n) is 5.65. The molecule has 0 saturated carbocycles. The molecule has 1 aromatic carbocycles. The number of nitrogens with one attached hydrogen (secondary N) is 1. The molecule has 0 saturated heterocycles. The maximum Gasteiger partial charge on any atom is 0.344 e. The van der Waals surface area contributed by atoms with Crippen molar-refractivity contribution in [3.05, 3.63) is 53.3 Å². The van der Waals surface area contributed by atoms with E-state index in [4.69, 9.17) is 9.47 Å². The van der Waals surface area contributed by atoms with Crippen molar-refractivity contribution in [2.24, 2.45) is 7.05 Å². The second kappa shape index (κ2) is 8.14. The number of nitrogens with zero attached hydrogens (tertiary/aromatic N) is 1. The first-order valence-electron chi connectivity index (χ1n) is 7.67. The van der Waals surface area contributed by atoms with Gasteiger partial charge in [-0.2, -0.15) is 0 Å². The third-order valence-corrected chi connectivity index (χ3v) is 3.35. The Balaban J connectivity index is 1.75. The van der Waals surface area contributed by atoms with Gasteiger partial charge in [-0.25, -0.2) is 4.79 Å².